The van der Waals surface area contributed by atoms with Gasteiger partial charge in [0.2, 0.25) is 0 Å². The monoisotopic (exact) mass is 890 g/mol. The fourth-order valence-corrected chi connectivity index (χ4v) is 7.12. The number of fused-ring (bicyclic) bond motifs is 2. The van der Waals surface area contributed by atoms with E-state index in [0.717, 1.165) is 68.8 Å². The van der Waals surface area contributed by atoms with E-state index in [1.54, 1.807) is 48.7 Å². The standard InChI is InChI=1S/C27H25ClN2O4.C26H19FO4/c1-3-4-8-25-24(16-29-27(30-25)34-20-13-10-19(28)11-14-20)22-7-5-6-18-9-12-21(15-23(18)22)33-17-26(31)32-2;1-16(26(29)30)31-22-14-11-17-3-2-4-23(24(17)15-22)18-5-7-19(8-6-18)25(28)20-9-12-21(27)13-10-20/h5-7,9-16H,3-4,8,17H2,1-2H3;2-16H,1H3,(H,29,30)/t;16-/m.0/s1. The lowest BCUT2D eigenvalue weighted by Gasteiger charge is -2.14. The van der Waals surface area contributed by atoms with Crippen molar-refractivity contribution in [3.8, 4) is 45.5 Å². The molecule has 12 heteroatoms. The van der Waals surface area contributed by atoms with Crippen molar-refractivity contribution in [1.29, 1.82) is 0 Å². The topological polar surface area (TPSA) is 134 Å². The van der Waals surface area contributed by atoms with Gasteiger partial charge in [0.1, 0.15) is 23.1 Å². The largest absolute Gasteiger partial charge is 0.482 e. The summed E-state index contributed by atoms with van der Waals surface area (Å²) in [5.74, 6) is -0.348. The van der Waals surface area contributed by atoms with Crippen LogP contribution in [-0.4, -0.2) is 52.6 Å². The van der Waals surface area contributed by atoms with Crippen molar-refractivity contribution >= 4 is 50.9 Å². The molecule has 0 radical (unpaired) electrons. The predicted molar refractivity (Wildman–Crippen MR) is 250 cm³/mol. The van der Waals surface area contributed by atoms with Crippen molar-refractivity contribution in [2.45, 2.75) is 39.2 Å². The van der Waals surface area contributed by atoms with Gasteiger partial charge in [-0.05, 0) is 131 Å². The molecular weight excluding hydrogens is 847 g/mol. The van der Waals surface area contributed by atoms with Crippen LogP contribution in [0.4, 0.5) is 4.39 Å². The molecule has 10 nitrogen and oxygen atoms in total. The average Bonchev–Trinajstić information content (AvgIpc) is 3.33. The van der Waals surface area contributed by atoms with Crippen LogP contribution in [0.5, 0.6) is 23.3 Å². The van der Waals surface area contributed by atoms with Crippen LogP contribution in [0, 0.1) is 5.82 Å². The summed E-state index contributed by atoms with van der Waals surface area (Å²) in [6.45, 7) is 3.48. The first-order valence-corrected chi connectivity index (χ1v) is 21.2. The Balaban J connectivity index is 0.000000195. The molecule has 0 saturated carbocycles. The molecule has 0 bridgehead atoms. The number of carbonyl (C=O) groups is 3. The Labute approximate surface area is 380 Å². The average molecular weight is 891 g/mol. The Morgan fingerprint density at radius 1 is 0.723 bits per heavy atom. The van der Waals surface area contributed by atoms with Crippen molar-refractivity contribution in [3.05, 3.63) is 179 Å². The number of ketones is 1. The van der Waals surface area contributed by atoms with Crippen LogP contribution in [0.15, 0.2) is 152 Å². The number of aliphatic carboxylic acids is 1. The number of aryl methyl sites for hydroxylation is 1. The zero-order valence-corrected chi connectivity index (χ0v) is 36.6. The Morgan fingerprint density at radius 2 is 1.32 bits per heavy atom. The molecule has 1 heterocycles. The highest BCUT2D eigenvalue weighted by Crippen LogP contribution is 2.35. The number of ether oxygens (including phenoxy) is 4. The van der Waals surface area contributed by atoms with E-state index < -0.39 is 18.0 Å². The lowest BCUT2D eigenvalue weighted by atomic mass is 9.96. The maximum atomic E-state index is 13.1. The fraction of sp³-hybridized carbons (Fsp3) is 0.151. The van der Waals surface area contributed by atoms with Crippen LogP contribution in [0.3, 0.4) is 0 Å². The van der Waals surface area contributed by atoms with Gasteiger partial charge in [-0.15, -0.1) is 0 Å². The molecule has 0 unspecified atom stereocenters. The molecular formula is C53H44ClFN2O8. The normalized spacial score (nSPS) is 11.3. The van der Waals surface area contributed by atoms with Gasteiger partial charge in [0, 0.05) is 27.9 Å². The Bertz CT molecular complexity index is 2960. The number of hydrogen-bond acceptors (Lipinski definition) is 9. The van der Waals surface area contributed by atoms with E-state index in [0.29, 0.717) is 39.4 Å². The molecule has 0 spiro atoms. The van der Waals surface area contributed by atoms with Crippen LogP contribution >= 0.6 is 11.6 Å². The Hall–Kier alpha value is -7.63. The number of carboxylic acid groups (broad SMARTS) is 1. The minimum absolute atomic E-state index is 0.147. The van der Waals surface area contributed by atoms with Crippen LogP contribution in [-0.2, 0) is 20.7 Å². The van der Waals surface area contributed by atoms with E-state index in [1.165, 1.54) is 38.3 Å². The van der Waals surface area contributed by atoms with Crippen molar-refractivity contribution in [2.24, 2.45) is 0 Å². The zero-order valence-electron chi connectivity index (χ0n) is 35.8. The molecule has 328 valence electrons. The van der Waals surface area contributed by atoms with E-state index in [4.69, 9.17) is 35.9 Å². The number of nitrogens with zero attached hydrogens (tertiary/aromatic N) is 2. The van der Waals surface area contributed by atoms with E-state index in [2.05, 4.69) is 16.6 Å². The van der Waals surface area contributed by atoms with Gasteiger partial charge in [0.15, 0.2) is 18.5 Å². The third-order valence-corrected chi connectivity index (χ3v) is 10.7. The molecule has 0 aliphatic carbocycles. The van der Waals surface area contributed by atoms with Crippen LogP contribution in [0.25, 0.3) is 43.8 Å². The van der Waals surface area contributed by atoms with Gasteiger partial charge >= 0.3 is 17.9 Å². The number of carbonyl (C=O) groups excluding carboxylic acids is 2. The summed E-state index contributed by atoms with van der Waals surface area (Å²) in [5.41, 5.74) is 5.62. The SMILES string of the molecule is CCCCc1nc(Oc2ccc(Cl)cc2)ncc1-c1cccc2ccc(OCC(=O)OC)cc12.C[C@H](Oc1ccc2cccc(-c3ccc(C(=O)c4ccc(F)cc4)cc3)c2c1)C(=O)O. The van der Waals surface area contributed by atoms with Crippen molar-refractivity contribution in [1.82, 2.24) is 9.97 Å². The van der Waals surface area contributed by atoms with E-state index in [-0.39, 0.29) is 18.2 Å². The molecule has 0 fully saturated rings. The zero-order chi connectivity index (χ0) is 45.9. The van der Waals surface area contributed by atoms with Gasteiger partial charge in [-0.1, -0.05) is 97.7 Å². The highest BCUT2D eigenvalue weighted by molar-refractivity contribution is 6.30. The van der Waals surface area contributed by atoms with Crippen LogP contribution < -0.4 is 14.2 Å². The summed E-state index contributed by atoms with van der Waals surface area (Å²) in [6, 6.07) is 43.2. The number of rotatable bonds is 15. The summed E-state index contributed by atoms with van der Waals surface area (Å²) in [5, 5.41) is 13.7. The number of aromatic nitrogens is 2. The molecule has 8 rings (SSSR count). The lowest BCUT2D eigenvalue weighted by molar-refractivity contribution is -0.144. The number of unbranched alkanes of at least 4 members (excludes halogenated alkanes) is 1. The first-order valence-electron chi connectivity index (χ1n) is 20.8. The second kappa shape index (κ2) is 21.2. The smallest absolute Gasteiger partial charge is 0.344 e. The van der Waals surface area contributed by atoms with Gasteiger partial charge < -0.3 is 24.1 Å². The number of halogens is 2. The second-order valence-electron chi connectivity index (χ2n) is 14.9. The molecule has 0 aliphatic heterocycles. The quantitative estimate of drug-likeness (QED) is 0.0783. The molecule has 0 saturated heterocycles. The molecule has 1 aromatic heterocycles. The van der Waals surface area contributed by atoms with E-state index in [9.17, 15) is 18.8 Å². The Morgan fingerprint density at radius 3 is 1.97 bits per heavy atom. The van der Waals surface area contributed by atoms with E-state index in [1.807, 2.05) is 78.9 Å². The number of esters is 1. The molecule has 0 amide bonds. The minimum Gasteiger partial charge on any atom is -0.482 e. The summed E-state index contributed by atoms with van der Waals surface area (Å²) >= 11 is 5.97. The van der Waals surface area contributed by atoms with Gasteiger partial charge in [-0.25, -0.2) is 19.0 Å². The number of carboxylic acids is 1. The first kappa shape index (κ1) is 45.4. The number of methoxy groups -OCH3 is 1. The molecule has 1 atom stereocenters. The fourth-order valence-electron chi connectivity index (χ4n) is 6.99. The Kier molecular flexibility index (Phi) is 14.8. The molecule has 7 aromatic carbocycles. The molecule has 1 N–H and O–H groups in total. The summed E-state index contributed by atoms with van der Waals surface area (Å²) in [4.78, 5) is 44.4. The van der Waals surface area contributed by atoms with Gasteiger partial charge in [-0.3, -0.25) is 4.79 Å². The van der Waals surface area contributed by atoms with Crippen LogP contribution in [0.1, 0.15) is 48.3 Å². The maximum absolute atomic E-state index is 13.1. The second-order valence-corrected chi connectivity index (χ2v) is 15.4. The maximum Gasteiger partial charge on any atom is 0.344 e. The highest BCUT2D eigenvalue weighted by atomic mass is 35.5. The van der Waals surface area contributed by atoms with E-state index >= 15 is 0 Å². The minimum atomic E-state index is -1.03. The van der Waals surface area contributed by atoms with Crippen molar-refractivity contribution in [3.63, 3.8) is 0 Å². The summed E-state index contributed by atoms with van der Waals surface area (Å²) in [6.07, 6.45) is 3.67. The van der Waals surface area contributed by atoms with Gasteiger partial charge in [0.05, 0.1) is 12.8 Å². The third kappa shape index (κ3) is 11.5. The third-order valence-electron chi connectivity index (χ3n) is 10.4. The molecule has 8 aromatic rings. The lowest BCUT2D eigenvalue weighted by Crippen LogP contribution is -2.22. The van der Waals surface area contributed by atoms with Gasteiger partial charge in [0.25, 0.3) is 0 Å². The summed E-state index contributed by atoms with van der Waals surface area (Å²) in [7, 11) is 1.34. The summed E-state index contributed by atoms with van der Waals surface area (Å²) < 4.78 is 34.8. The highest BCUT2D eigenvalue weighted by Gasteiger charge is 2.16. The number of benzene rings is 7. The van der Waals surface area contributed by atoms with Crippen molar-refractivity contribution < 1.29 is 42.8 Å². The first-order chi connectivity index (χ1) is 31.5. The van der Waals surface area contributed by atoms with Crippen molar-refractivity contribution in [2.75, 3.05) is 13.7 Å². The van der Waals surface area contributed by atoms with Gasteiger partial charge in [-0.2, -0.15) is 4.98 Å². The molecule has 0 aliphatic rings. The molecule has 65 heavy (non-hydrogen) atoms. The number of hydrogen-bond donors (Lipinski definition) is 1. The predicted octanol–water partition coefficient (Wildman–Crippen LogP) is 12.4. The van der Waals surface area contributed by atoms with Crippen LogP contribution in [0.2, 0.25) is 5.02 Å².